The van der Waals surface area contributed by atoms with Gasteiger partial charge in [0.25, 0.3) is 0 Å². The number of amidine groups is 1. The monoisotopic (exact) mass is 888 g/mol. The minimum absolute atomic E-state index is 0.355. The number of hydrogen-bond donors (Lipinski definition) is 1. The van der Waals surface area contributed by atoms with E-state index in [1.807, 2.05) is 60.7 Å². The number of fused-ring (bicyclic) bond motifs is 6. The van der Waals surface area contributed by atoms with Gasteiger partial charge in [0, 0.05) is 29.5 Å². The van der Waals surface area contributed by atoms with Crippen molar-refractivity contribution in [2.24, 2.45) is 15.7 Å². The van der Waals surface area contributed by atoms with Crippen LogP contribution in [0, 0.1) is 6.92 Å². The van der Waals surface area contributed by atoms with Gasteiger partial charge in [-0.25, -0.2) is 4.99 Å². The molecule has 0 aliphatic rings. The summed E-state index contributed by atoms with van der Waals surface area (Å²) in [4.78, 5) is 10.7. The van der Waals surface area contributed by atoms with Gasteiger partial charge >= 0.3 is 0 Å². The molecule has 0 aliphatic carbocycles. The summed E-state index contributed by atoms with van der Waals surface area (Å²) in [5.74, 6) is 0.469. The molecule has 69 heavy (non-hydrogen) atoms. The van der Waals surface area contributed by atoms with Crippen LogP contribution in [0.3, 0.4) is 0 Å². The topological polar surface area (TPSA) is 54.0 Å². The summed E-state index contributed by atoms with van der Waals surface area (Å²) in [5.41, 5.74) is 21.2. The highest BCUT2D eigenvalue weighted by atomic mass is 15.1. The van der Waals surface area contributed by atoms with Crippen molar-refractivity contribution in [3.05, 3.63) is 265 Å². The lowest BCUT2D eigenvalue weighted by atomic mass is 9.88. The maximum absolute atomic E-state index is 5.97. The molecule has 332 valence electrons. The molecule has 0 saturated carbocycles. The fraction of sp³-hybridized carbons (Fsp3) is 0.0462. The van der Waals surface area contributed by atoms with E-state index < -0.39 is 0 Å². The standard InChI is InChI=1S/C50H37N.C15H15N3/c1-34-20-22-38(23-21-34)43-18-11-19-46-44-16-9-10-17-45(44)48-32-39(27-31-47(48)50(43)46)40-26-30-42(37-14-7-4-8-15-37)49(33-40)51(2)41-28-24-36(25-29-41)35-12-5-3-6-13-35;1-17-15(13-10-6-3-7-11-13)18-14(16)12-8-4-2-5-9-12/h3-33H,1-2H3;2-11,15H,1H2,(H2,16,18). The van der Waals surface area contributed by atoms with Gasteiger partial charge in [0.15, 0.2) is 6.17 Å². The van der Waals surface area contributed by atoms with Crippen molar-refractivity contribution < 1.29 is 0 Å². The van der Waals surface area contributed by atoms with Gasteiger partial charge in [-0.3, -0.25) is 4.99 Å². The van der Waals surface area contributed by atoms with E-state index in [1.165, 1.54) is 82.4 Å². The van der Waals surface area contributed by atoms with E-state index in [1.54, 1.807) is 0 Å². The summed E-state index contributed by atoms with van der Waals surface area (Å²) in [7, 11) is 2.18. The number of aryl methyl sites for hydroxylation is 1. The summed E-state index contributed by atoms with van der Waals surface area (Å²) in [6, 6.07) is 88.1. The molecule has 0 amide bonds. The van der Waals surface area contributed by atoms with Gasteiger partial charge in [0.2, 0.25) is 0 Å². The molecule has 2 N–H and O–H groups in total. The summed E-state index contributed by atoms with van der Waals surface area (Å²) in [6.07, 6.45) is -0.355. The van der Waals surface area contributed by atoms with Crippen molar-refractivity contribution in [1.82, 2.24) is 0 Å². The first-order valence-electron chi connectivity index (χ1n) is 23.4. The molecular weight excluding hydrogens is 837 g/mol. The normalized spacial score (nSPS) is 11.8. The predicted octanol–water partition coefficient (Wildman–Crippen LogP) is 16.7. The summed E-state index contributed by atoms with van der Waals surface area (Å²) < 4.78 is 0. The second-order valence-corrected chi connectivity index (χ2v) is 17.3. The number of nitrogens with two attached hydrogens (primary N) is 1. The van der Waals surface area contributed by atoms with Gasteiger partial charge in [0.1, 0.15) is 5.84 Å². The van der Waals surface area contributed by atoms with Crippen LogP contribution in [-0.2, 0) is 0 Å². The number of nitrogens with zero attached hydrogens (tertiary/aromatic N) is 3. The second-order valence-electron chi connectivity index (χ2n) is 17.3. The molecule has 0 saturated heterocycles. The third kappa shape index (κ3) is 9.29. The molecular formula is C65H52N4. The van der Waals surface area contributed by atoms with E-state index >= 15 is 0 Å². The molecule has 4 nitrogen and oxygen atoms in total. The average Bonchev–Trinajstić information content (AvgIpc) is 3.43. The van der Waals surface area contributed by atoms with Crippen LogP contribution < -0.4 is 10.6 Å². The number of rotatable bonds is 10. The third-order valence-corrected chi connectivity index (χ3v) is 13.0. The summed E-state index contributed by atoms with van der Waals surface area (Å²) in [6.45, 7) is 5.72. The SMILES string of the molecule is C=NC(/N=C(\N)c1ccccc1)c1ccccc1.Cc1ccc(-c2cccc3c4ccccc4c4cc(-c5ccc(-c6ccccc6)c(N(C)c6ccc(-c7ccccc7)cc6)c5)ccc4c23)cc1. The van der Waals surface area contributed by atoms with Gasteiger partial charge in [-0.1, -0.05) is 230 Å². The van der Waals surface area contributed by atoms with E-state index in [9.17, 15) is 0 Å². The van der Waals surface area contributed by atoms with E-state index in [4.69, 9.17) is 5.73 Å². The molecule has 0 bridgehead atoms. The molecule has 4 heteroatoms. The van der Waals surface area contributed by atoms with Crippen LogP contribution in [0.25, 0.3) is 76.8 Å². The number of hydrogen-bond acceptors (Lipinski definition) is 3. The molecule has 0 heterocycles. The van der Waals surface area contributed by atoms with Crippen molar-refractivity contribution in [3.8, 4) is 44.5 Å². The molecule has 11 aromatic rings. The minimum Gasteiger partial charge on any atom is -0.383 e. The van der Waals surface area contributed by atoms with Crippen molar-refractivity contribution >= 4 is 56.2 Å². The van der Waals surface area contributed by atoms with Crippen LogP contribution in [-0.4, -0.2) is 19.6 Å². The van der Waals surface area contributed by atoms with E-state index in [2.05, 4.69) is 224 Å². The Balaban J connectivity index is 0.000000259. The van der Waals surface area contributed by atoms with Crippen LogP contribution in [0.5, 0.6) is 0 Å². The van der Waals surface area contributed by atoms with E-state index in [0.717, 1.165) is 22.5 Å². The fourth-order valence-electron chi connectivity index (χ4n) is 9.32. The van der Waals surface area contributed by atoms with E-state index in [0.29, 0.717) is 5.84 Å². The number of benzene rings is 11. The van der Waals surface area contributed by atoms with Crippen LogP contribution in [0.2, 0.25) is 0 Å². The van der Waals surface area contributed by atoms with Gasteiger partial charge in [-0.15, -0.1) is 0 Å². The Hall–Kier alpha value is -8.86. The maximum atomic E-state index is 5.97. The first-order chi connectivity index (χ1) is 33.9. The highest BCUT2D eigenvalue weighted by Crippen LogP contribution is 2.43. The van der Waals surface area contributed by atoms with Crippen LogP contribution in [0.4, 0.5) is 11.4 Å². The third-order valence-electron chi connectivity index (χ3n) is 13.0. The van der Waals surface area contributed by atoms with E-state index in [-0.39, 0.29) is 6.17 Å². The number of anilines is 2. The minimum atomic E-state index is -0.355. The molecule has 11 rings (SSSR count). The first kappa shape index (κ1) is 44.0. The molecule has 1 atom stereocenters. The van der Waals surface area contributed by atoms with Gasteiger partial charge < -0.3 is 10.6 Å². The Morgan fingerprint density at radius 2 is 0.928 bits per heavy atom. The smallest absolute Gasteiger partial charge is 0.166 e. The largest absolute Gasteiger partial charge is 0.383 e. The second kappa shape index (κ2) is 19.9. The Kier molecular flexibility index (Phi) is 12.7. The maximum Gasteiger partial charge on any atom is 0.166 e. The van der Waals surface area contributed by atoms with Crippen molar-refractivity contribution in [1.29, 1.82) is 0 Å². The van der Waals surface area contributed by atoms with Gasteiger partial charge in [-0.05, 0) is 115 Å². The molecule has 0 radical (unpaired) electrons. The van der Waals surface area contributed by atoms with Crippen molar-refractivity contribution in [2.75, 3.05) is 11.9 Å². The summed E-state index contributed by atoms with van der Waals surface area (Å²) in [5, 5.41) is 7.71. The fourth-order valence-corrected chi connectivity index (χ4v) is 9.32. The zero-order valence-corrected chi connectivity index (χ0v) is 38.9. The van der Waals surface area contributed by atoms with Crippen LogP contribution in [0.1, 0.15) is 22.9 Å². The first-order valence-corrected chi connectivity index (χ1v) is 23.4. The molecule has 0 aliphatic heterocycles. The zero-order chi connectivity index (χ0) is 47.1. The number of aliphatic imine (C=N–C) groups is 2. The van der Waals surface area contributed by atoms with Gasteiger partial charge in [-0.2, -0.15) is 0 Å². The zero-order valence-electron chi connectivity index (χ0n) is 38.9. The van der Waals surface area contributed by atoms with Crippen molar-refractivity contribution in [2.45, 2.75) is 13.1 Å². The Labute approximate surface area is 405 Å². The highest BCUT2D eigenvalue weighted by Gasteiger charge is 2.17. The summed E-state index contributed by atoms with van der Waals surface area (Å²) >= 11 is 0. The lowest BCUT2D eigenvalue weighted by Crippen LogP contribution is -2.14. The Bertz CT molecular complexity index is 3570. The molecule has 11 aromatic carbocycles. The predicted molar refractivity (Wildman–Crippen MR) is 296 cm³/mol. The highest BCUT2D eigenvalue weighted by molar-refractivity contribution is 6.28. The van der Waals surface area contributed by atoms with Gasteiger partial charge in [0.05, 0.1) is 0 Å². The van der Waals surface area contributed by atoms with Crippen LogP contribution in [0.15, 0.2) is 259 Å². The van der Waals surface area contributed by atoms with Crippen LogP contribution >= 0.6 is 0 Å². The molecule has 0 spiro atoms. The quantitative estimate of drug-likeness (QED) is 0.0845. The molecule has 0 fully saturated rings. The Morgan fingerprint density at radius 3 is 1.59 bits per heavy atom. The van der Waals surface area contributed by atoms with Crippen molar-refractivity contribution in [3.63, 3.8) is 0 Å². The lowest BCUT2D eigenvalue weighted by molar-refractivity contribution is 0.784. The Morgan fingerprint density at radius 1 is 0.435 bits per heavy atom. The molecule has 0 aromatic heterocycles. The lowest BCUT2D eigenvalue weighted by Gasteiger charge is -2.24. The molecule has 1 unspecified atom stereocenters. The average molecular weight is 889 g/mol.